The van der Waals surface area contributed by atoms with Crippen LogP contribution in [0.2, 0.25) is 0 Å². The van der Waals surface area contributed by atoms with E-state index in [1.165, 1.54) is 0 Å². The van der Waals surface area contributed by atoms with E-state index in [4.69, 9.17) is 5.11 Å². The van der Waals surface area contributed by atoms with Crippen molar-refractivity contribution in [2.45, 2.75) is 25.8 Å². The maximum Gasteiger partial charge on any atom is 0.326 e. The van der Waals surface area contributed by atoms with Gasteiger partial charge in [-0.25, -0.2) is 9.78 Å². The van der Waals surface area contributed by atoms with Gasteiger partial charge in [-0.05, 0) is 13.3 Å². The Morgan fingerprint density at radius 1 is 1.83 bits per heavy atom. The molecule has 4 nitrogen and oxygen atoms in total. The molecule has 0 amide bonds. The highest BCUT2D eigenvalue weighted by Gasteiger charge is 2.28. The number of carboxylic acid groups (broad SMARTS) is 1. The van der Waals surface area contributed by atoms with E-state index in [1.807, 2.05) is 6.92 Å². The molecular formula is C8H10N2O2. The van der Waals surface area contributed by atoms with Gasteiger partial charge in [-0.1, -0.05) is 0 Å². The van der Waals surface area contributed by atoms with Crippen LogP contribution in [0.5, 0.6) is 0 Å². The van der Waals surface area contributed by atoms with Crippen molar-refractivity contribution in [3.8, 4) is 0 Å². The molecule has 1 unspecified atom stereocenters. The zero-order valence-electron chi connectivity index (χ0n) is 6.82. The van der Waals surface area contributed by atoms with Crippen LogP contribution in [0.25, 0.3) is 0 Å². The maximum atomic E-state index is 10.7. The Balaban J connectivity index is 2.41. The van der Waals surface area contributed by atoms with Gasteiger partial charge in [0, 0.05) is 12.6 Å². The summed E-state index contributed by atoms with van der Waals surface area (Å²) in [6.07, 6.45) is 3.27. The van der Waals surface area contributed by atoms with E-state index in [9.17, 15) is 4.79 Å². The number of imidazole rings is 1. The van der Waals surface area contributed by atoms with Gasteiger partial charge >= 0.3 is 5.97 Å². The van der Waals surface area contributed by atoms with Crippen LogP contribution in [0.15, 0.2) is 6.20 Å². The number of carboxylic acids is 1. The molecule has 1 aromatic heterocycles. The van der Waals surface area contributed by atoms with Crippen LogP contribution in [0.3, 0.4) is 0 Å². The van der Waals surface area contributed by atoms with Crippen molar-refractivity contribution >= 4 is 5.97 Å². The monoisotopic (exact) mass is 166 g/mol. The largest absolute Gasteiger partial charge is 0.480 e. The van der Waals surface area contributed by atoms with Gasteiger partial charge in [0.05, 0.1) is 5.69 Å². The Kier molecular flexibility index (Phi) is 1.43. The van der Waals surface area contributed by atoms with Crippen LogP contribution in [0.4, 0.5) is 0 Å². The number of rotatable bonds is 1. The molecular weight excluding hydrogens is 156 g/mol. The lowest BCUT2D eigenvalue weighted by atomic mass is 10.2. The molecule has 2 heterocycles. The van der Waals surface area contributed by atoms with Gasteiger partial charge in [-0.15, -0.1) is 0 Å². The van der Waals surface area contributed by atoms with Crippen molar-refractivity contribution in [3.05, 3.63) is 17.7 Å². The third-order valence-electron chi connectivity index (χ3n) is 2.19. The fourth-order valence-electron chi connectivity index (χ4n) is 1.67. The molecule has 12 heavy (non-hydrogen) atoms. The van der Waals surface area contributed by atoms with Gasteiger partial charge in [0.1, 0.15) is 11.9 Å². The molecule has 0 saturated carbocycles. The molecule has 0 spiro atoms. The number of aliphatic carboxylic acids is 1. The van der Waals surface area contributed by atoms with E-state index >= 15 is 0 Å². The van der Waals surface area contributed by atoms with E-state index in [0.717, 1.165) is 17.9 Å². The number of hydrogen-bond acceptors (Lipinski definition) is 2. The highest BCUT2D eigenvalue weighted by atomic mass is 16.4. The zero-order valence-corrected chi connectivity index (χ0v) is 6.82. The molecule has 1 aromatic rings. The maximum absolute atomic E-state index is 10.7. The van der Waals surface area contributed by atoms with Gasteiger partial charge in [0.15, 0.2) is 0 Å². The number of carbonyl (C=O) groups is 1. The molecule has 0 aliphatic carbocycles. The number of hydrogen-bond donors (Lipinski definition) is 1. The summed E-state index contributed by atoms with van der Waals surface area (Å²) in [6.45, 7) is 1.88. The molecule has 0 saturated heterocycles. The van der Waals surface area contributed by atoms with Crippen molar-refractivity contribution < 1.29 is 9.90 Å². The van der Waals surface area contributed by atoms with Gasteiger partial charge in [0.2, 0.25) is 0 Å². The van der Waals surface area contributed by atoms with Crippen LogP contribution in [-0.4, -0.2) is 20.6 Å². The van der Waals surface area contributed by atoms with E-state index in [2.05, 4.69) is 4.98 Å². The Bertz CT molecular complexity index is 330. The fraction of sp³-hybridized carbons (Fsp3) is 0.500. The summed E-state index contributed by atoms with van der Waals surface area (Å²) < 4.78 is 1.76. The second-order valence-corrected chi connectivity index (χ2v) is 3.10. The molecule has 0 fully saturated rings. The standard InChI is InChI=1S/C8H10N2O2/c1-5-4-10-6(8(11)12)2-3-7(10)9-5/h4,6H,2-3H2,1H3,(H,11,12). The van der Waals surface area contributed by atoms with Gasteiger partial charge in [0.25, 0.3) is 0 Å². The van der Waals surface area contributed by atoms with Crippen LogP contribution in [0, 0.1) is 6.92 Å². The van der Waals surface area contributed by atoms with E-state index in [0.29, 0.717) is 6.42 Å². The fourth-order valence-corrected chi connectivity index (χ4v) is 1.67. The Morgan fingerprint density at radius 2 is 2.58 bits per heavy atom. The summed E-state index contributed by atoms with van der Waals surface area (Å²) in [6, 6.07) is -0.388. The predicted molar refractivity (Wildman–Crippen MR) is 42.0 cm³/mol. The normalized spacial score (nSPS) is 20.9. The summed E-state index contributed by atoms with van der Waals surface area (Å²) in [4.78, 5) is 14.9. The van der Waals surface area contributed by atoms with E-state index < -0.39 is 5.97 Å². The topological polar surface area (TPSA) is 55.1 Å². The lowest BCUT2D eigenvalue weighted by molar-refractivity contribution is -0.140. The number of aryl methyl sites for hydroxylation is 2. The summed E-state index contributed by atoms with van der Waals surface area (Å²) in [5.74, 6) is 0.144. The minimum absolute atomic E-state index is 0.388. The number of aromatic nitrogens is 2. The second kappa shape index (κ2) is 2.33. The van der Waals surface area contributed by atoms with Crippen LogP contribution >= 0.6 is 0 Å². The van der Waals surface area contributed by atoms with Crippen LogP contribution < -0.4 is 0 Å². The quantitative estimate of drug-likeness (QED) is 0.670. The van der Waals surface area contributed by atoms with Crippen LogP contribution in [-0.2, 0) is 11.2 Å². The SMILES string of the molecule is Cc1cn2c(n1)CCC2C(=O)O. The molecule has 1 N–H and O–H groups in total. The minimum atomic E-state index is -0.758. The summed E-state index contributed by atoms with van der Waals surface area (Å²) in [7, 11) is 0. The second-order valence-electron chi connectivity index (χ2n) is 3.10. The average molecular weight is 166 g/mol. The van der Waals surface area contributed by atoms with Gasteiger partial charge in [-0.3, -0.25) is 0 Å². The van der Waals surface area contributed by atoms with Crippen molar-refractivity contribution in [2.75, 3.05) is 0 Å². The third-order valence-corrected chi connectivity index (χ3v) is 2.19. The van der Waals surface area contributed by atoms with Gasteiger partial charge in [-0.2, -0.15) is 0 Å². The first kappa shape index (κ1) is 7.34. The van der Waals surface area contributed by atoms with E-state index in [1.54, 1.807) is 10.8 Å². The van der Waals surface area contributed by atoms with Crippen molar-refractivity contribution in [1.29, 1.82) is 0 Å². The Hall–Kier alpha value is -1.32. The molecule has 1 atom stereocenters. The minimum Gasteiger partial charge on any atom is -0.480 e. The summed E-state index contributed by atoms with van der Waals surface area (Å²) >= 11 is 0. The molecule has 0 bridgehead atoms. The molecule has 4 heteroatoms. The average Bonchev–Trinajstić information content (AvgIpc) is 2.43. The number of fused-ring (bicyclic) bond motifs is 1. The first-order valence-corrected chi connectivity index (χ1v) is 3.95. The summed E-state index contributed by atoms with van der Waals surface area (Å²) in [5.41, 5.74) is 0.899. The van der Waals surface area contributed by atoms with Crippen molar-refractivity contribution in [2.24, 2.45) is 0 Å². The van der Waals surface area contributed by atoms with Crippen molar-refractivity contribution in [1.82, 2.24) is 9.55 Å². The smallest absolute Gasteiger partial charge is 0.326 e. The number of nitrogens with zero attached hydrogens (tertiary/aromatic N) is 2. The molecule has 1 aliphatic rings. The molecule has 0 radical (unpaired) electrons. The van der Waals surface area contributed by atoms with E-state index in [-0.39, 0.29) is 6.04 Å². The molecule has 64 valence electrons. The highest BCUT2D eigenvalue weighted by molar-refractivity contribution is 5.72. The molecule has 2 rings (SSSR count). The third kappa shape index (κ3) is 0.913. The molecule has 0 aromatic carbocycles. The molecule has 1 aliphatic heterocycles. The predicted octanol–water partition coefficient (Wildman–Crippen LogP) is 0.763. The van der Waals surface area contributed by atoms with Crippen LogP contribution in [0.1, 0.15) is 24.0 Å². The summed E-state index contributed by atoms with van der Waals surface area (Å²) in [5, 5.41) is 8.82. The Morgan fingerprint density at radius 3 is 3.25 bits per heavy atom. The first-order valence-electron chi connectivity index (χ1n) is 3.95. The lowest BCUT2D eigenvalue weighted by Crippen LogP contribution is -2.13. The first-order chi connectivity index (χ1) is 5.68. The highest BCUT2D eigenvalue weighted by Crippen LogP contribution is 2.25. The van der Waals surface area contributed by atoms with Crippen molar-refractivity contribution in [3.63, 3.8) is 0 Å². The van der Waals surface area contributed by atoms with Gasteiger partial charge < -0.3 is 9.67 Å². The zero-order chi connectivity index (χ0) is 8.72. The Labute approximate surface area is 69.8 Å². The lowest BCUT2D eigenvalue weighted by Gasteiger charge is -2.05.